The first-order chi connectivity index (χ1) is 18.1. The third kappa shape index (κ3) is 4.39. The Morgan fingerprint density at radius 1 is 0.921 bits per heavy atom. The second kappa shape index (κ2) is 9.20. The highest BCUT2D eigenvalue weighted by molar-refractivity contribution is 6.34. The van der Waals surface area contributed by atoms with Crippen LogP contribution in [0.1, 0.15) is 25.1 Å². The topological polar surface area (TPSA) is 71.8 Å². The predicted molar refractivity (Wildman–Crippen MR) is 143 cm³/mol. The largest absolute Gasteiger partial charge is 0.454 e. The maximum atomic E-state index is 13.4. The van der Waals surface area contributed by atoms with Gasteiger partial charge >= 0.3 is 5.97 Å². The van der Waals surface area contributed by atoms with Crippen molar-refractivity contribution in [3.8, 4) is 28.4 Å². The highest BCUT2D eigenvalue weighted by Crippen LogP contribution is 2.44. The van der Waals surface area contributed by atoms with Gasteiger partial charge in [0.1, 0.15) is 0 Å². The minimum absolute atomic E-state index is 0.0817. The lowest BCUT2D eigenvalue weighted by molar-refractivity contribution is -0.167. The Balaban J connectivity index is 1.51. The number of carbonyl (C=O) groups excluding carboxylic acids is 1. The highest BCUT2D eigenvalue weighted by atomic mass is 35.5. The Kier molecular flexibility index (Phi) is 6.07. The van der Waals surface area contributed by atoms with Crippen molar-refractivity contribution in [1.82, 2.24) is 9.78 Å². The van der Waals surface area contributed by atoms with E-state index < -0.39 is 17.4 Å². The van der Waals surface area contributed by atoms with Gasteiger partial charge in [0.05, 0.1) is 22.1 Å². The molecule has 0 spiro atoms. The molecular formula is C28H21Cl3N2O5. The van der Waals surface area contributed by atoms with E-state index in [9.17, 15) is 4.79 Å². The zero-order valence-electron chi connectivity index (χ0n) is 20.3. The Labute approximate surface area is 233 Å². The van der Waals surface area contributed by atoms with E-state index in [0.717, 1.165) is 5.56 Å². The molecule has 3 aromatic carbocycles. The number of rotatable bonds is 5. The number of halogens is 3. The Morgan fingerprint density at radius 3 is 2.47 bits per heavy atom. The van der Waals surface area contributed by atoms with Crippen LogP contribution in [0.2, 0.25) is 15.1 Å². The number of benzene rings is 3. The zero-order valence-corrected chi connectivity index (χ0v) is 22.6. The predicted octanol–water partition coefficient (Wildman–Crippen LogP) is 6.98. The van der Waals surface area contributed by atoms with Crippen molar-refractivity contribution in [2.75, 3.05) is 6.79 Å². The molecule has 4 aromatic rings. The number of nitrogens with zero attached hydrogens (tertiary/aromatic N) is 2. The van der Waals surface area contributed by atoms with Crippen LogP contribution >= 0.6 is 34.8 Å². The second-order valence-corrected chi connectivity index (χ2v) is 10.8. The van der Waals surface area contributed by atoms with E-state index in [0.29, 0.717) is 49.2 Å². The number of ether oxygens (including phenoxy) is 4. The molecule has 3 heterocycles. The van der Waals surface area contributed by atoms with Crippen LogP contribution < -0.4 is 9.47 Å². The average molecular weight is 572 g/mol. The van der Waals surface area contributed by atoms with Gasteiger partial charge in [-0.25, -0.2) is 9.48 Å². The standard InChI is InChI=1S/C28H21Cl3N2O5/c1-27(2)37-26(34)28(38-27,17-4-3-5-18(29)11-17)14-20-13-22(16-6-9-24-25(10-16)36-15-35-24)33(32-20)23-12-19(30)7-8-21(23)31/h3-13H,14-15H2,1-2H3. The summed E-state index contributed by atoms with van der Waals surface area (Å²) in [5, 5.41) is 6.29. The van der Waals surface area contributed by atoms with Gasteiger partial charge in [0.2, 0.25) is 12.6 Å². The van der Waals surface area contributed by atoms with Gasteiger partial charge in [-0.1, -0.05) is 46.9 Å². The maximum Gasteiger partial charge on any atom is 0.346 e. The Bertz CT molecular complexity index is 1580. The van der Waals surface area contributed by atoms with Crippen molar-refractivity contribution in [2.24, 2.45) is 0 Å². The van der Waals surface area contributed by atoms with Crippen molar-refractivity contribution in [2.45, 2.75) is 31.7 Å². The summed E-state index contributed by atoms with van der Waals surface area (Å²) in [5.41, 5.74) is 1.75. The molecule has 1 unspecified atom stereocenters. The molecule has 38 heavy (non-hydrogen) atoms. The van der Waals surface area contributed by atoms with E-state index in [4.69, 9.17) is 58.8 Å². The van der Waals surface area contributed by atoms with Crippen molar-refractivity contribution in [3.63, 3.8) is 0 Å². The first-order valence-corrected chi connectivity index (χ1v) is 12.9. The molecule has 0 N–H and O–H groups in total. The van der Waals surface area contributed by atoms with Crippen molar-refractivity contribution in [1.29, 1.82) is 0 Å². The lowest BCUT2D eigenvalue weighted by atomic mass is 9.89. The maximum absolute atomic E-state index is 13.4. The number of hydrogen-bond donors (Lipinski definition) is 0. The molecule has 1 aromatic heterocycles. The molecule has 0 aliphatic carbocycles. The van der Waals surface area contributed by atoms with E-state index in [2.05, 4.69) is 0 Å². The lowest BCUT2D eigenvalue weighted by Crippen LogP contribution is -2.37. The van der Waals surface area contributed by atoms with Gasteiger partial charge in [0.15, 0.2) is 17.1 Å². The highest BCUT2D eigenvalue weighted by Gasteiger charge is 2.55. The molecule has 0 radical (unpaired) electrons. The van der Waals surface area contributed by atoms with Gasteiger partial charge in [-0.3, -0.25) is 0 Å². The van der Waals surface area contributed by atoms with Gasteiger partial charge in [-0.15, -0.1) is 0 Å². The minimum Gasteiger partial charge on any atom is -0.454 e. The van der Waals surface area contributed by atoms with Crippen LogP contribution in [0.25, 0.3) is 16.9 Å². The zero-order chi connectivity index (χ0) is 26.7. The van der Waals surface area contributed by atoms with E-state index in [1.807, 2.05) is 24.3 Å². The van der Waals surface area contributed by atoms with Crippen LogP contribution in [0.5, 0.6) is 11.5 Å². The lowest BCUT2D eigenvalue weighted by Gasteiger charge is -2.26. The van der Waals surface area contributed by atoms with Gasteiger partial charge in [0.25, 0.3) is 0 Å². The fraction of sp³-hybridized carbons (Fsp3) is 0.214. The van der Waals surface area contributed by atoms with Crippen molar-refractivity contribution in [3.05, 3.63) is 93.1 Å². The smallest absolute Gasteiger partial charge is 0.346 e. The van der Waals surface area contributed by atoms with E-state index >= 15 is 0 Å². The number of fused-ring (bicyclic) bond motifs is 1. The molecule has 6 rings (SSSR count). The van der Waals surface area contributed by atoms with Crippen LogP contribution in [-0.2, 0) is 26.3 Å². The van der Waals surface area contributed by atoms with Gasteiger partial charge in [-0.2, -0.15) is 5.10 Å². The molecule has 10 heteroatoms. The third-order valence-electron chi connectivity index (χ3n) is 6.37. The number of carbonyl (C=O) groups is 1. The molecule has 1 fully saturated rings. The summed E-state index contributed by atoms with van der Waals surface area (Å²) < 4.78 is 24.7. The Hall–Kier alpha value is -3.23. The first-order valence-electron chi connectivity index (χ1n) is 11.8. The molecule has 1 saturated heterocycles. The summed E-state index contributed by atoms with van der Waals surface area (Å²) in [4.78, 5) is 13.4. The molecule has 2 aliphatic rings. The molecule has 2 aliphatic heterocycles. The van der Waals surface area contributed by atoms with Crippen LogP contribution in [-0.4, -0.2) is 28.3 Å². The number of cyclic esters (lactones) is 1. The SMILES string of the molecule is CC1(C)OC(=O)C(Cc2cc(-c3ccc4c(c3)OCO4)n(-c3cc(Cl)ccc3Cl)n2)(c2cccc(Cl)c2)O1. The molecule has 1 atom stereocenters. The molecular weight excluding hydrogens is 551 g/mol. The quantitative estimate of drug-likeness (QED) is 0.241. The van der Waals surface area contributed by atoms with Crippen LogP contribution in [0.3, 0.4) is 0 Å². The second-order valence-electron chi connectivity index (χ2n) is 9.50. The monoisotopic (exact) mass is 570 g/mol. The summed E-state index contributed by atoms with van der Waals surface area (Å²) in [6.07, 6.45) is 0.0817. The molecule has 0 bridgehead atoms. The van der Waals surface area contributed by atoms with Crippen LogP contribution in [0.15, 0.2) is 66.7 Å². The molecule has 0 amide bonds. The van der Waals surface area contributed by atoms with E-state index in [-0.39, 0.29) is 13.2 Å². The van der Waals surface area contributed by atoms with Gasteiger partial charge < -0.3 is 18.9 Å². The first kappa shape index (κ1) is 25.1. The van der Waals surface area contributed by atoms with Crippen molar-refractivity contribution >= 4 is 40.8 Å². The summed E-state index contributed by atoms with van der Waals surface area (Å²) >= 11 is 19.2. The number of aromatic nitrogens is 2. The molecule has 7 nitrogen and oxygen atoms in total. The number of esters is 1. The fourth-order valence-corrected chi connectivity index (χ4v) is 5.33. The third-order valence-corrected chi connectivity index (χ3v) is 7.16. The summed E-state index contributed by atoms with van der Waals surface area (Å²) in [7, 11) is 0. The normalized spacial score (nSPS) is 19.6. The number of hydrogen-bond acceptors (Lipinski definition) is 6. The fourth-order valence-electron chi connectivity index (χ4n) is 4.78. The molecule has 0 saturated carbocycles. The van der Waals surface area contributed by atoms with Crippen LogP contribution in [0, 0.1) is 0 Å². The minimum atomic E-state index is -1.46. The molecule has 194 valence electrons. The Morgan fingerprint density at radius 2 is 1.71 bits per heavy atom. The summed E-state index contributed by atoms with van der Waals surface area (Å²) in [6.45, 7) is 3.54. The summed E-state index contributed by atoms with van der Waals surface area (Å²) in [6, 6.07) is 19.6. The van der Waals surface area contributed by atoms with Crippen LogP contribution in [0.4, 0.5) is 0 Å². The van der Waals surface area contributed by atoms with Crippen molar-refractivity contribution < 1.29 is 23.7 Å². The van der Waals surface area contributed by atoms with Gasteiger partial charge in [-0.05, 0) is 60.2 Å². The average Bonchev–Trinajstić information content (AvgIpc) is 3.56. The van der Waals surface area contributed by atoms with Gasteiger partial charge in [0, 0.05) is 35.9 Å². The van der Waals surface area contributed by atoms with E-state index in [1.54, 1.807) is 61.0 Å². The van der Waals surface area contributed by atoms with E-state index in [1.165, 1.54) is 0 Å². The summed E-state index contributed by atoms with van der Waals surface area (Å²) in [5.74, 6) is -0.387.